The molecule has 0 bridgehead atoms. The molecule has 19 heavy (non-hydrogen) atoms. The number of benzene rings is 2. The van der Waals surface area contributed by atoms with E-state index in [1.165, 1.54) is 5.56 Å². The summed E-state index contributed by atoms with van der Waals surface area (Å²) in [5, 5.41) is 22.5. The predicted molar refractivity (Wildman–Crippen MR) is 84.0 cm³/mol. The van der Waals surface area contributed by atoms with Crippen LogP contribution in [0.3, 0.4) is 0 Å². The van der Waals surface area contributed by atoms with Gasteiger partial charge in [0.25, 0.3) is 0 Å². The summed E-state index contributed by atoms with van der Waals surface area (Å²) in [6.45, 7) is 4.27. The van der Waals surface area contributed by atoms with Crippen LogP contribution in [0.25, 0.3) is 10.8 Å². The molecule has 1 aliphatic carbocycles. The van der Waals surface area contributed by atoms with Gasteiger partial charge in [0.15, 0.2) is 0 Å². The fraction of sp³-hybridized carbons (Fsp3) is 0.333. The van der Waals surface area contributed by atoms with Crippen molar-refractivity contribution in [2.24, 2.45) is 0 Å². The first-order chi connectivity index (χ1) is 8.83. The van der Waals surface area contributed by atoms with E-state index in [1.54, 1.807) is 6.07 Å². The van der Waals surface area contributed by atoms with E-state index < -0.39 is 0 Å². The highest BCUT2D eigenvalue weighted by Crippen LogP contribution is 2.51. The van der Waals surface area contributed by atoms with Crippen LogP contribution >= 0.6 is 31.9 Å². The van der Waals surface area contributed by atoms with Crippen LogP contribution in [0.2, 0.25) is 0 Å². The van der Waals surface area contributed by atoms with Gasteiger partial charge in [-0.05, 0) is 73.2 Å². The Morgan fingerprint density at radius 2 is 1.68 bits per heavy atom. The molecule has 0 aliphatic heterocycles. The Labute approximate surface area is 128 Å². The Kier molecular flexibility index (Phi) is 2.88. The van der Waals surface area contributed by atoms with Crippen LogP contribution in [-0.4, -0.2) is 10.2 Å². The minimum absolute atomic E-state index is 0.0978. The quantitative estimate of drug-likeness (QED) is 0.669. The van der Waals surface area contributed by atoms with E-state index in [-0.39, 0.29) is 11.2 Å². The first-order valence-corrected chi connectivity index (χ1v) is 7.77. The van der Waals surface area contributed by atoms with Gasteiger partial charge in [0.2, 0.25) is 0 Å². The van der Waals surface area contributed by atoms with Crippen LogP contribution in [-0.2, 0) is 11.8 Å². The fourth-order valence-corrected chi connectivity index (χ4v) is 3.93. The number of halogens is 2. The van der Waals surface area contributed by atoms with Gasteiger partial charge >= 0.3 is 0 Å². The molecule has 0 spiro atoms. The van der Waals surface area contributed by atoms with Crippen LogP contribution in [0, 0.1) is 0 Å². The SMILES string of the molecule is CC1(C)CCc2cc(Br)c(O)c3cc(Br)c(O)c1c23. The molecule has 100 valence electrons. The van der Waals surface area contributed by atoms with Crippen molar-refractivity contribution in [3.63, 3.8) is 0 Å². The Balaban J connectivity index is 2.59. The smallest absolute Gasteiger partial charge is 0.137 e. The van der Waals surface area contributed by atoms with Gasteiger partial charge < -0.3 is 10.2 Å². The van der Waals surface area contributed by atoms with Gasteiger partial charge in [-0.2, -0.15) is 0 Å². The average Bonchev–Trinajstić information content (AvgIpc) is 2.33. The van der Waals surface area contributed by atoms with Crippen molar-refractivity contribution in [1.29, 1.82) is 0 Å². The molecule has 0 heterocycles. The Bertz CT molecular complexity index is 705. The van der Waals surface area contributed by atoms with Gasteiger partial charge in [-0.1, -0.05) is 13.8 Å². The van der Waals surface area contributed by atoms with Gasteiger partial charge in [0.05, 0.1) is 8.95 Å². The molecule has 3 rings (SSSR count). The highest BCUT2D eigenvalue weighted by atomic mass is 79.9. The number of aromatic hydroxyl groups is 2. The maximum atomic E-state index is 10.4. The molecule has 0 fully saturated rings. The summed E-state index contributed by atoms with van der Waals surface area (Å²) in [7, 11) is 0. The number of rotatable bonds is 0. The average molecular weight is 386 g/mol. The van der Waals surface area contributed by atoms with Gasteiger partial charge in [-0.3, -0.25) is 0 Å². The van der Waals surface area contributed by atoms with Gasteiger partial charge in [-0.15, -0.1) is 0 Å². The molecule has 0 unspecified atom stereocenters. The monoisotopic (exact) mass is 384 g/mol. The topological polar surface area (TPSA) is 40.5 Å². The number of phenolic OH excluding ortho intramolecular Hbond substituents is 2. The summed E-state index contributed by atoms with van der Waals surface area (Å²) < 4.78 is 1.34. The van der Waals surface area contributed by atoms with Crippen molar-refractivity contribution in [2.75, 3.05) is 0 Å². The zero-order valence-electron chi connectivity index (χ0n) is 10.7. The van der Waals surface area contributed by atoms with Crippen molar-refractivity contribution in [2.45, 2.75) is 32.1 Å². The van der Waals surface area contributed by atoms with Crippen molar-refractivity contribution < 1.29 is 10.2 Å². The van der Waals surface area contributed by atoms with Crippen molar-refractivity contribution in [1.82, 2.24) is 0 Å². The molecule has 2 nitrogen and oxygen atoms in total. The van der Waals surface area contributed by atoms with Crippen LogP contribution in [0.4, 0.5) is 0 Å². The van der Waals surface area contributed by atoms with Gasteiger partial charge in [0, 0.05) is 10.9 Å². The van der Waals surface area contributed by atoms with E-state index in [4.69, 9.17) is 0 Å². The third-order valence-electron chi connectivity index (χ3n) is 4.05. The molecule has 2 N–H and O–H groups in total. The molecule has 0 saturated carbocycles. The summed E-state index contributed by atoms with van der Waals surface area (Å²) in [6, 6.07) is 3.75. The third kappa shape index (κ3) is 1.80. The maximum Gasteiger partial charge on any atom is 0.137 e. The van der Waals surface area contributed by atoms with Gasteiger partial charge in [-0.25, -0.2) is 0 Å². The lowest BCUT2D eigenvalue weighted by molar-refractivity contribution is 0.415. The van der Waals surface area contributed by atoms with Crippen molar-refractivity contribution in [3.05, 3.63) is 32.2 Å². The second-order valence-corrected chi connectivity index (χ2v) is 7.46. The first-order valence-electron chi connectivity index (χ1n) is 6.19. The lowest BCUT2D eigenvalue weighted by Crippen LogP contribution is -2.23. The Morgan fingerprint density at radius 1 is 1.05 bits per heavy atom. The molecule has 0 saturated heterocycles. The van der Waals surface area contributed by atoms with Crippen LogP contribution in [0.5, 0.6) is 11.5 Å². The number of hydrogen-bond acceptors (Lipinski definition) is 2. The largest absolute Gasteiger partial charge is 0.506 e. The molecule has 2 aromatic rings. The molecule has 0 aromatic heterocycles. The molecule has 2 aromatic carbocycles. The second kappa shape index (κ2) is 4.13. The molecule has 0 amide bonds. The zero-order valence-corrected chi connectivity index (χ0v) is 13.9. The summed E-state index contributed by atoms with van der Waals surface area (Å²) in [4.78, 5) is 0. The summed E-state index contributed by atoms with van der Waals surface area (Å²) in [6.07, 6.45) is 1.94. The van der Waals surface area contributed by atoms with Crippen LogP contribution < -0.4 is 0 Å². The predicted octanol–water partition coefficient (Wildman–Crippen LogP) is 5.00. The molecular weight excluding hydrogens is 372 g/mol. The van der Waals surface area contributed by atoms with Gasteiger partial charge in [0.1, 0.15) is 11.5 Å². The number of hydrogen-bond donors (Lipinski definition) is 2. The van der Waals surface area contributed by atoms with E-state index in [2.05, 4.69) is 45.7 Å². The van der Waals surface area contributed by atoms with E-state index in [9.17, 15) is 10.2 Å². The van der Waals surface area contributed by atoms with Crippen LogP contribution in [0.15, 0.2) is 21.1 Å². The summed E-state index contributed by atoms with van der Waals surface area (Å²) >= 11 is 6.79. The molecule has 0 atom stereocenters. The standard InChI is InChI=1S/C15H14Br2O2/c1-15(2)4-3-7-5-9(16)13(18)8-6-10(17)14(19)12(15)11(7)8/h5-6,18-19H,3-4H2,1-2H3. The molecular formula is C15H14Br2O2. The fourth-order valence-electron chi connectivity index (χ4n) is 3.01. The van der Waals surface area contributed by atoms with E-state index in [1.807, 2.05) is 6.07 Å². The maximum absolute atomic E-state index is 10.4. The highest BCUT2D eigenvalue weighted by Gasteiger charge is 2.33. The van der Waals surface area contributed by atoms with Crippen LogP contribution in [0.1, 0.15) is 31.4 Å². The third-order valence-corrected chi connectivity index (χ3v) is 5.26. The molecule has 0 radical (unpaired) electrons. The zero-order chi connectivity index (χ0) is 13.9. The number of aryl methyl sites for hydroxylation is 1. The first kappa shape index (κ1) is 13.3. The molecule has 4 heteroatoms. The lowest BCUT2D eigenvalue weighted by atomic mass is 9.71. The Morgan fingerprint density at radius 3 is 2.37 bits per heavy atom. The normalized spacial score (nSPS) is 16.8. The minimum Gasteiger partial charge on any atom is -0.506 e. The van der Waals surface area contributed by atoms with E-state index in [0.717, 1.165) is 29.2 Å². The summed E-state index contributed by atoms with van der Waals surface area (Å²) in [5.41, 5.74) is 2.01. The second-order valence-electron chi connectivity index (χ2n) is 5.75. The summed E-state index contributed by atoms with van der Waals surface area (Å²) in [5.74, 6) is 0.526. The lowest BCUT2D eigenvalue weighted by Gasteiger charge is -2.33. The van der Waals surface area contributed by atoms with E-state index in [0.29, 0.717) is 14.7 Å². The minimum atomic E-state index is -0.0978. The molecule has 1 aliphatic rings. The van der Waals surface area contributed by atoms with E-state index >= 15 is 0 Å². The van der Waals surface area contributed by atoms with Crippen molar-refractivity contribution in [3.8, 4) is 11.5 Å². The number of phenols is 2. The Hall–Kier alpha value is -0.740. The van der Waals surface area contributed by atoms with Crippen molar-refractivity contribution >= 4 is 42.6 Å². The highest BCUT2D eigenvalue weighted by molar-refractivity contribution is 9.11.